The Labute approximate surface area is 363 Å². The number of nitriles is 5. The molecule has 7 rings (SSSR count). The molecule has 0 aromatic heterocycles. The zero-order valence-electron chi connectivity index (χ0n) is 34.8. The molecule has 0 atom stereocenters. The van der Waals surface area contributed by atoms with E-state index in [9.17, 15) is 26.3 Å². The van der Waals surface area contributed by atoms with Gasteiger partial charge in [-0.3, -0.25) is 0 Å². The average Bonchev–Trinajstić information content (AvgIpc) is 3.76. The predicted molar refractivity (Wildman–Crippen MR) is 251 cm³/mol. The first-order valence-corrected chi connectivity index (χ1v) is 26.5. The van der Waals surface area contributed by atoms with Crippen LogP contribution in [0.15, 0.2) is 97.1 Å². The Morgan fingerprint density at radius 1 is 0.484 bits per heavy atom. The fourth-order valence-electron chi connectivity index (χ4n) is 8.10. The molecule has 0 bridgehead atoms. The van der Waals surface area contributed by atoms with E-state index in [1.165, 1.54) is 22.5 Å². The van der Waals surface area contributed by atoms with Crippen LogP contribution in [0.25, 0.3) is 59.2 Å². The van der Waals surface area contributed by atoms with Gasteiger partial charge in [0.25, 0.3) is 0 Å². The second-order valence-corrected chi connectivity index (χ2v) is 27.2. The molecule has 290 valence electrons. The van der Waals surface area contributed by atoms with Crippen LogP contribution in [0.3, 0.4) is 0 Å². The van der Waals surface area contributed by atoms with E-state index in [0.29, 0.717) is 66.8 Å². The molecule has 5 aromatic carbocycles. The lowest BCUT2D eigenvalue weighted by Crippen LogP contribution is -2.37. The van der Waals surface area contributed by atoms with Gasteiger partial charge in [-0.2, -0.15) is 26.3 Å². The van der Waals surface area contributed by atoms with Crippen LogP contribution in [0, 0.1) is 76.4 Å². The molecule has 0 N–H and O–H groups in total. The molecule has 0 amide bonds. The first-order chi connectivity index (χ1) is 29.6. The minimum absolute atomic E-state index is 0.116. The van der Waals surface area contributed by atoms with Gasteiger partial charge < -0.3 is 0 Å². The van der Waals surface area contributed by atoms with Crippen molar-refractivity contribution in [2.45, 2.75) is 39.3 Å². The second kappa shape index (κ2) is 15.9. The Bertz CT molecular complexity index is 3020. The molecule has 8 nitrogen and oxygen atoms in total. The van der Waals surface area contributed by atoms with Gasteiger partial charge in [0.05, 0.1) is 64.7 Å². The lowest BCUT2D eigenvalue weighted by molar-refractivity contribution is 1.47. The lowest BCUT2D eigenvalue weighted by atomic mass is 9.87. The average molecular weight is 827 g/mol. The van der Waals surface area contributed by atoms with E-state index in [0.717, 1.165) is 0 Å². The Morgan fingerprint density at radius 2 is 0.903 bits per heavy atom. The minimum atomic E-state index is -1.74. The molecular weight excluding hydrogens is 793 g/mol. The van der Waals surface area contributed by atoms with Crippen molar-refractivity contribution in [1.82, 2.24) is 0 Å². The van der Waals surface area contributed by atoms with Crippen molar-refractivity contribution in [2.75, 3.05) is 0 Å². The van der Waals surface area contributed by atoms with Crippen LogP contribution in [-0.2, 0) is 0 Å². The standard InChI is InChI=1S/C52H34N8Si2/c1-58-37-20-31(26-53)18-35(22-37)45(28-55)50-43-25-44-42(24-41(43)46(29-56)48(50)33-10-14-39(15-11-33)61(4,5)6)47(30-57)49(34-12-16-40(17-13-34)62(7,8)9)51(44)52(60-3)36-19-32(27-54)21-38(23-36)59-2/h10-25H,4-9H3/b50-45-,52-51+. The summed E-state index contributed by atoms with van der Waals surface area (Å²) in [7, 11) is -3.48. The highest BCUT2D eigenvalue weighted by molar-refractivity contribution is 6.89. The van der Waals surface area contributed by atoms with Crippen molar-refractivity contribution >= 4 is 82.6 Å². The van der Waals surface area contributed by atoms with E-state index in [1.807, 2.05) is 30.3 Å². The number of hydrogen-bond acceptors (Lipinski definition) is 5. The van der Waals surface area contributed by atoms with Crippen LogP contribution in [0.5, 0.6) is 0 Å². The van der Waals surface area contributed by atoms with Crippen LogP contribution in [-0.4, -0.2) is 16.1 Å². The van der Waals surface area contributed by atoms with E-state index < -0.39 is 16.1 Å². The molecule has 0 unspecified atom stereocenters. The van der Waals surface area contributed by atoms with Crippen LogP contribution < -0.4 is 10.4 Å². The second-order valence-electron chi connectivity index (χ2n) is 17.0. The minimum Gasteiger partial charge on any atom is -0.238 e. The fraction of sp³-hybridized carbons (Fsp3) is 0.115. The summed E-state index contributed by atoms with van der Waals surface area (Å²) >= 11 is 0. The van der Waals surface area contributed by atoms with Crippen LogP contribution in [0.1, 0.15) is 55.6 Å². The third kappa shape index (κ3) is 7.13. The molecule has 0 heterocycles. The molecule has 62 heavy (non-hydrogen) atoms. The number of rotatable bonds is 6. The number of hydrogen-bond donors (Lipinski definition) is 0. The molecule has 2 aliphatic rings. The molecule has 5 aromatic rings. The van der Waals surface area contributed by atoms with Gasteiger partial charge in [0, 0.05) is 33.4 Å². The Balaban J connectivity index is 1.65. The van der Waals surface area contributed by atoms with Crippen molar-refractivity contribution in [1.29, 1.82) is 26.3 Å². The molecule has 0 saturated heterocycles. The number of nitrogens with zero attached hydrogens (tertiary/aromatic N) is 8. The monoisotopic (exact) mass is 826 g/mol. The molecule has 0 radical (unpaired) electrons. The maximum absolute atomic E-state index is 11.1. The zero-order chi connectivity index (χ0) is 44.7. The molecule has 0 spiro atoms. The van der Waals surface area contributed by atoms with Crippen molar-refractivity contribution in [3.63, 3.8) is 0 Å². The van der Waals surface area contributed by atoms with Gasteiger partial charge in [-0.25, -0.2) is 14.5 Å². The van der Waals surface area contributed by atoms with Crippen molar-refractivity contribution in [2.24, 2.45) is 0 Å². The Kier molecular flexibility index (Phi) is 10.6. The van der Waals surface area contributed by atoms with Crippen LogP contribution >= 0.6 is 0 Å². The summed E-state index contributed by atoms with van der Waals surface area (Å²) in [5.74, 6) is 0. The predicted octanol–water partition coefficient (Wildman–Crippen LogP) is 11.7. The maximum Gasteiger partial charge on any atom is 0.201 e. The summed E-state index contributed by atoms with van der Waals surface area (Å²) in [6.45, 7) is 37.6. The third-order valence-electron chi connectivity index (χ3n) is 11.2. The number of allylic oxidation sites excluding steroid dienone is 7. The van der Waals surface area contributed by atoms with Gasteiger partial charge in [-0.1, -0.05) is 110 Å². The van der Waals surface area contributed by atoms with Gasteiger partial charge in [-0.05, 0) is 80.9 Å². The zero-order valence-corrected chi connectivity index (χ0v) is 36.8. The summed E-state index contributed by atoms with van der Waals surface area (Å²) in [5.41, 5.74) is 7.31. The van der Waals surface area contributed by atoms with E-state index in [-0.39, 0.29) is 44.9 Å². The van der Waals surface area contributed by atoms with Crippen molar-refractivity contribution < 1.29 is 0 Å². The van der Waals surface area contributed by atoms with Crippen LogP contribution in [0.4, 0.5) is 11.4 Å². The number of benzene rings is 5. The maximum atomic E-state index is 11.1. The first kappa shape index (κ1) is 41.6. The summed E-state index contributed by atoms with van der Waals surface area (Å²) < 4.78 is 0. The quantitative estimate of drug-likeness (QED) is 0.0955. The van der Waals surface area contributed by atoms with Gasteiger partial charge in [0.15, 0.2) is 11.4 Å². The SMILES string of the molecule is [C-]#[N+]/C(=C1/C(c2ccc([Si](C)(C)C)cc2)=C(C#N)c2cc3c(cc21)/C(=C(\C#N)c1cc(C#N)cc([N+]#[C-])c1)C(c1ccc([Si](C)(C)C)cc1)=C3C#N)c1cc(C#N)cc([N+]#[C-])c1. The van der Waals surface area contributed by atoms with Gasteiger partial charge >= 0.3 is 0 Å². The fourth-order valence-corrected chi connectivity index (χ4v) is 10.4. The molecule has 0 aliphatic heterocycles. The van der Waals surface area contributed by atoms with E-state index in [2.05, 4.69) is 108 Å². The smallest absolute Gasteiger partial charge is 0.201 e. The highest BCUT2D eigenvalue weighted by atomic mass is 28.3. The third-order valence-corrected chi connectivity index (χ3v) is 15.3. The Morgan fingerprint density at radius 3 is 1.31 bits per heavy atom. The van der Waals surface area contributed by atoms with E-state index in [4.69, 9.17) is 19.7 Å². The molecule has 2 aliphatic carbocycles. The lowest BCUT2D eigenvalue weighted by Gasteiger charge is -2.18. The highest BCUT2D eigenvalue weighted by Crippen LogP contribution is 2.56. The largest absolute Gasteiger partial charge is 0.238 e. The van der Waals surface area contributed by atoms with E-state index in [1.54, 1.807) is 30.3 Å². The van der Waals surface area contributed by atoms with E-state index >= 15 is 0 Å². The van der Waals surface area contributed by atoms with Crippen LogP contribution in [0.2, 0.25) is 39.3 Å². The first-order valence-electron chi connectivity index (χ1n) is 19.5. The topological polar surface area (TPSA) is 132 Å². The molecular formula is C52H34N8Si2. The van der Waals surface area contributed by atoms with Gasteiger partial charge in [0.2, 0.25) is 5.70 Å². The summed E-state index contributed by atoms with van der Waals surface area (Å²) in [4.78, 5) is 11.2. The Hall–Kier alpha value is -8.59. The molecule has 10 heteroatoms. The van der Waals surface area contributed by atoms with Crippen molar-refractivity contribution in [3.05, 3.63) is 187 Å². The van der Waals surface area contributed by atoms with Crippen molar-refractivity contribution in [3.8, 4) is 30.3 Å². The summed E-state index contributed by atoms with van der Waals surface area (Å²) in [5, 5.41) is 55.6. The highest BCUT2D eigenvalue weighted by Gasteiger charge is 2.38. The normalized spacial score (nSPS) is 14.4. The summed E-state index contributed by atoms with van der Waals surface area (Å²) in [6.07, 6.45) is 0. The number of fused-ring (bicyclic) bond motifs is 2. The molecule has 0 fully saturated rings. The molecule has 0 saturated carbocycles. The van der Waals surface area contributed by atoms with Gasteiger partial charge in [0.1, 0.15) is 18.2 Å². The van der Waals surface area contributed by atoms with Gasteiger partial charge in [-0.15, -0.1) is 0 Å². The summed E-state index contributed by atoms with van der Waals surface area (Å²) in [6, 6.07) is 40.2.